The first-order chi connectivity index (χ1) is 16.0. The van der Waals surface area contributed by atoms with Crippen molar-refractivity contribution < 1.29 is 22.7 Å². The second-order valence-electron chi connectivity index (χ2n) is 8.20. The highest BCUT2D eigenvalue weighted by molar-refractivity contribution is 7.89. The van der Waals surface area contributed by atoms with Gasteiger partial charge in [-0.25, -0.2) is 8.42 Å². The van der Waals surface area contributed by atoms with Crippen LogP contribution in [-0.4, -0.2) is 71.2 Å². The van der Waals surface area contributed by atoms with Crippen LogP contribution in [0.1, 0.15) is 17.5 Å². The fourth-order valence-corrected chi connectivity index (χ4v) is 5.37. The molecule has 8 nitrogen and oxygen atoms in total. The summed E-state index contributed by atoms with van der Waals surface area (Å²) in [5.74, 6) is -0.0303. The van der Waals surface area contributed by atoms with Gasteiger partial charge >= 0.3 is 0 Å². The molecule has 2 heterocycles. The minimum atomic E-state index is -3.49. The standard InChI is InChI=1S/C24H31N3O5S/c28-24(25-19-21-1-6-22(7-2-21)26-11-15-31-16-12-26)10-5-20-3-8-23(9-4-20)33(29,30)27-13-17-32-18-14-27/h1-4,6-9H,5,10-19H2,(H,25,28). The summed E-state index contributed by atoms with van der Waals surface area (Å²) in [6, 6.07) is 15.0. The van der Waals surface area contributed by atoms with E-state index in [0.29, 0.717) is 45.7 Å². The predicted molar refractivity (Wildman–Crippen MR) is 126 cm³/mol. The van der Waals surface area contributed by atoms with Crippen molar-refractivity contribution in [2.75, 3.05) is 57.5 Å². The van der Waals surface area contributed by atoms with Crippen LogP contribution in [-0.2, 0) is 37.3 Å². The average Bonchev–Trinajstić information content (AvgIpc) is 2.88. The third kappa shape index (κ3) is 6.32. The Balaban J connectivity index is 1.22. The van der Waals surface area contributed by atoms with E-state index >= 15 is 0 Å². The lowest BCUT2D eigenvalue weighted by Crippen LogP contribution is -2.40. The zero-order valence-electron chi connectivity index (χ0n) is 18.7. The Morgan fingerprint density at radius 2 is 1.39 bits per heavy atom. The van der Waals surface area contributed by atoms with Gasteiger partial charge in [-0.15, -0.1) is 0 Å². The maximum absolute atomic E-state index is 12.7. The van der Waals surface area contributed by atoms with Gasteiger partial charge in [0.05, 0.1) is 31.3 Å². The maximum atomic E-state index is 12.7. The normalized spacial score (nSPS) is 17.6. The Bertz CT molecular complexity index is 1010. The summed E-state index contributed by atoms with van der Waals surface area (Å²) in [4.78, 5) is 14.9. The average molecular weight is 474 g/mol. The third-order valence-electron chi connectivity index (χ3n) is 5.97. The summed E-state index contributed by atoms with van der Waals surface area (Å²) in [6.07, 6.45) is 0.904. The Kier molecular flexibility index (Phi) is 7.97. The molecule has 1 amide bonds. The molecule has 2 aliphatic heterocycles. The highest BCUT2D eigenvalue weighted by Crippen LogP contribution is 2.19. The molecule has 0 spiro atoms. The van der Waals surface area contributed by atoms with E-state index in [2.05, 4.69) is 22.3 Å². The van der Waals surface area contributed by atoms with Gasteiger partial charge in [-0.2, -0.15) is 4.31 Å². The van der Waals surface area contributed by atoms with Gasteiger partial charge in [-0.05, 0) is 41.8 Å². The number of morpholine rings is 2. The molecule has 2 aliphatic rings. The summed E-state index contributed by atoms with van der Waals surface area (Å²) in [6.45, 7) is 5.38. The van der Waals surface area contributed by atoms with E-state index in [1.54, 1.807) is 24.3 Å². The molecule has 4 rings (SSSR count). The topological polar surface area (TPSA) is 88.2 Å². The largest absolute Gasteiger partial charge is 0.379 e. The fourth-order valence-electron chi connectivity index (χ4n) is 3.96. The van der Waals surface area contributed by atoms with E-state index in [-0.39, 0.29) is 10.8 Å². The van der Waals surface area contributed by atoms with Crippen molar-refractivity contribution in [2.24, 2.45) is 0 Å². The molecule has 0 atom stereocenters. The second kappa shape index (κ2) is 11.1. The van der Waals surface area contributed by atoms with Gasteiger partial charge in [-0.3, -0.25) is 4.79 Å². The van der Waals surface area contributed by atoms with Crippen molar-refractivity contribution in [3.63, 3.8) is 0 Å². The van der Waals surface area contributed by atoms with E-state index in [4.69, 9.17) is 9.47 Å². The minimum Gasteiger partial charge on any atom is -0.379 e. The Morgan fingerprint density at radius 3 is 2.03 bits per heavy atom. The zero-order chi connectivity index (χ0) is 23.1. The number of sulfonamides is 1. The van der Waals surface area contributed by atoms with E-state index < -0.39 is 10.0 Å². The lowest BCUT2D eigenvalue weighted by atomic mass is 10.1. The summed E-state index contributed by atoms with van der Waals surface area (Å²) >= 11 is 0. The van der Waals surface area contributed by atoms with Crippen molar-refractivity contribution in [3.05, 3.63) is 59.7 Å². The van der Waals surface area contributed by atoms with Gasteiger partial charge in [0.15, 0.2) is 0 Å². The van der Waals surface area contributed by atoms with Crippen molar-refractivity contribution in [3.8, 4) is 0 Å². The van der Waals surface area contributed by atoms with E-state index in [1.165, 1.54) is 9.99 Å². The molecule has 2 fully saturated rings. The van der Waals surface area contributed by atoms with Crippen molar-refractivity contribution in [1.29, 1.82) is 0 Å². The minimum absolute atomic E-state index is 0.0303. The SMILES string of the molecule is O=C(CCc1ccc(S(=O)(=O)N2CCOCC2)cc1)NCc1ccc(N2CCOCC2)cc1. The first-order valence-electron chi connectivity index (χ1n) is 11.4. The molecular weight excluding hydrogens is 442 g/mol. The van der Waals surface area contributed by atoms with Crippen molar-refractivity contribution in [1.82, 2.24) is 9.62 Å². The molecule has 0 bridgehead atoms. The Hall–Kier alpha value is -2.46. The zero-order valence-corrected chi connectivity index (χ0v) is 19.6. The molecule has 0 aromatic heterocycles. The number of rotatable bonds is 8. The van der Waals surface area contributed by atoms with Crippen molar-refractivity contribution in [2.45, 2.75) is 24.3 Å². The quantitative estimate of drug-likeness (QED) is 0.629. The maximum Gasteiger partial charge on any atom is 0.243 e. The number of nitrogens with one attached hydrogen (secondary N) is 1. The van der Waals surface area contributed by atoms with Crippen molar-refractivity contribution >= 4 is 21.6 Å². The molecule has 0 unspecified atom stereocenters. The molecule has 0 saturated carbocycles. The van der Waals surface area contributed by atoms with Crippen LogP contribution in [0.2, 0.25) is 0 Å². The molecule has 1 N–H and O–H groups in total. The second-order valence-corrected chi connectivity index (χ2v) is 10.1. The van der Waals surface area contributed by atoms with Gasteiger partial charge in [0, 0.05) is 44.8 Å². The number of carbonyl (C=O) groups excluding carboxylic acids is 1. The third-order valence-corrected chi connectivity index (χ3v) is 7.89. The Labute approximate surface area is 195 Å². The number of hydrogen-bond acceptors (Lipinski definition) is 6. The molecule has 33 heavy (non-hydrogen) atoms. The summed E-state index contributed by atoms with van der Waals surface area (Å²) < 4.78 is 37.5. The molecule has 2 aromatic rings. The summed E-state index contributed by atoms with van der Waals surface area (Å²) in [5, 5.41) is 2.96. The van der Waals surface area contributed by atoms with E-state index in [9.17, 15) is 13.2 Å². The van der Waals surface area contributed by atoms with Crippen LogP contribution >= 0.6 is 0 Å². The van der Waals surface area contributed by atoms with Crippen LogP contribution in [0.4, 0.5) is 5.69 Å². The highest BCUT2D eigenvalue weighted by atomic mass is 32.2. The number of benzene rings is 2. The number of carbonyl (C=O) groups is 1. The monoisotopic (exact) mass is 473 g/mol. The molecule has 178 valence electrons. The van der Waals surface area contributed by atoms with Gasteiger partial charge in [0.2, 0.25) is 15.9 Å². The summed E-state index contributed by atoms with van der Waals surface area (Å²) in [5.41, 5.74) is 3.16. The number of hydrogen-bond donors (Lipinski definition) is 1. The number of anilines is 1. The van der Waals surface area contributed by atoms with Gasteiger partial charge in [-0.1, -0.05) is 24.3 Å². The van der Waals surface area contributed by atoms with Crippen LogP contribution in [0, 0.1) is 0 Å². The van der Waals surface area contributed by atoms with E-state index in [1.807, 2.05) is 12.1 Å². The Morgan fingerprint density at radius 1 is 0.818 bits per heavy atom. The summed E-state index contributed by atoms with van der Waals surface area (Å²) in [7, 11) is -3.49. The van der Waals surface area contributed by atoms with Gasteiger partial charge < -0.3 is 19.7 Å². The highest BCUT2D eigenvalue weighted by Gasteiger charge is 2.26. The fraction of sp³-hybridized carbons (Fsp3) is 0.458. The van der Waals surface area contributed by atoms with Crippen LogP contribution in [0.25, 0.3) is 0 Å². The van der Waals surface area contributed by atoms with Crippen LogP contribution in [0.15, 0.2) is 53.4 Å². The number of ether oxygens (including phenoxy) is 2. The number of amides is 1. The first kappa shape index (κ1) is 23.7. The lowest BCUT2D eigenvalue weighted by molar-refractivity contribution is -0.121. The molecular formula is C24H31N3O5S. The van der Waals surface area contributed by atoms with E-state index in [0.717, 1.165) is 37.4 Å². The van der Waals surface area contributed by atoms with Crippen LogP contribution in [0.3, 0.4) is 0 Å². The molecule has 2 aromatic carbocycles. The van der Waals surface area contributed by atoms with Gasteiger partial charge in [0.25, 0.3) is 0 Å². The molecule has 0 aliphatic carbocycles. The van der Waals surface area contributed by atoms with Crippen LogP contribution < -0.4 is 10.2 Å². The lowest BCUT2D eigenvalue weighted by Gasteiger charge is -2.28. The molecule has 2 saturated heterocycles. The first-order valence-corrected chi connectivity index (χ1v) is 12.8. The molecule has 9 heteroatoms. The van der Waals surface area contributed by atoms with Gasteiger partial charge in [0.1, 0.15) is 0 Å². The number of nitrogens with zero attached hydrogens (tertiary/aromatic N) is 2. The van der Waals surface area contributed by atoms with Crippen LogP contribution in [0.5, 0.6) is 0 Å². The predicted octanol–water partition coefficient (Wildman–Crippen LogP) is 1.79. The molecule has 0 radical (unpaired) electrons. The smallest absolute Gasteiger partial charge is 0.243 e. The number of aryl methyl sites for hydroxylation is 1.